The Balaban J connectivity index is 2.07. The lowest BCUT2D eigenvalue weighted by molar-refractivity contribution is 0.0632. The molecule has 19 heavy (non-hydrogen) atoms. The summed E-state index contributed by atoms with van der Waals surface area (Å²) in [5.74, 6) is 0.818. The summed E-state index contributed by atoms with van der Waals surface area (Å²) in [6.07, 6.45) is -0.624. The van der Waals surface area contributed by atoms with Crippen molar-refractivity contribution in [3.05, 3.63) is 65.7 Å². The molecule has 0 heterocycles. The lowest BCUT2D eigenvalue weighted by Crippen LogP contribution is -2.09. The van der Waals surface area contributed by atoms with Gasteiger partial charge in [0.2, 0.25) is 0 Å². The van der Waals surface area contributed by atoms with Crippen molar-refractivity contribution in [3.63, 3.8) is 0 Å². The second-order valence-electron chi connectivity index (χ2n) is 4.27. The maximum absolute atomic E-state index is 10.0. The van der Waals surface area contributed by atoms with Gasteiger partial charge in [-0.3, -0.25) is 0 Å². The normalized spacial score (nSPS) is 12.1. The van der Waals surface area contributed by atoms with Crippen LogP contribution < -0.4 is 4.74 Å². The van der Waals surface area contributed by atoms with E-state index in [2.05, 4.69) is 0 Å². The Morgan fingerprint density at radius 2 is 1.68 bits per heavy atom. The number of benzene rings is 2. The van der Waals surface area contributed by atoms with Gasteiger partial charge in [0, 0.05) is 7.11 Å². The molecule has 0 aliphatic rings. The van der Waals surface area contributed by atoms with Gasteiger partial charge in [-0.1, -0.05) is 42.5 Å². The Hall–Kier alpha value is -1.84. The number of hydrogen-bond acceptors (Lipinski definition) is 3. The van der Waals surface area contributed by atoms with Gasteiger partial charge in [0.15, 0.2) is 0 Å². The largest absolute Gasteiger partial charge is 0.489 e. The second kappa shape index (κ2) is 6.92. The van der Waals surface area contributed by atoms with E-state index in [-0.39, 0.29) is 6.61 Å². The quantitative estimate of drug-likeness (QED) is 0.865. The van der Waals surface area contributed by atoms with Crippen molar-refractivity contribution in [3.8, 4) is 5.75 Å². The third kappa shape index (κ3) is 3.81. The van der Waals surface area contributed by atoms with E-state index in [9.17, 15) is 5.11 Å². The maximum atomic E-state index is 10.0. The molecule has 2 aromatic rings. The molecular formula is C16H18O3. The smallest absolute Gasteiger partial charge is 0.119 e. The van der Waals surface area contributed by atoms with Crippen LogP contribution in [-0.2, 0) is 11.3 Å². The Morgan fingerprint density at radius 3 is 2.42 bits per heavy atom. The lowest BCUT2D eigenvalue weighted by Gasteiger charge is -2.15. The predicted octanol–water partition coefficient (Wildman–Crippen LogP) is 2.95. The van der Waals surface area contributed by atoms with Gasteiger partial charge in [-0.2, -0.15) is 0 Å². The molecule has 0 bridgehead atoms. The molecule has 0 aliphatic carbocycles. The third-order valence-electron chi connectivity index (χ3n) is 2.88. The second-order valence-corrected chi connectivity index (χ2v) is 4.27. The van der Waals surface area contributed by atoms with Gasteiger partial charge in [-0.05, 0) is 23.3 Å². The van der Waals surface area contributed by atoms with Gasteiger partial charge < -0.3 is 14.6 Å². The highest BCUT2D eigenvalue weighted by Crippen LogP contribution is 2.20. The zero-order valence-electron chi connectivity index (χ0n) is 11.0. The van der Waals surface area contributed by atoms with Crippen molar-refractivity contribution in [1.29, 1.82) is 0 Å². The zero-order chi connectivity index (χ0) is 13.5. The van der Waals surface area contributed by atoms with E-state index in [4.69, 9.17) is 9.47 Å². The molecule has 1 N–H and O–H groups in total. The van der Waals surface area contributed by atoms with Crippen LogP contribution in [0.1, 0.15) is 17.2 Å². The van der Waals surface area contributed by atoms with E-state index in [1.165, 1.54) is 0 Å². The van der Waals surface area contributed by atoms with Gasteiger partial charge >= 0.3 is 0 Å². The molecule has 0 saturated heterocycles. The van der Waals surface area contributed by atoms with Crippen molar-refractivity contribution < 1.29 is 14.6 Å². The third-order valence-corrected chi connectivity index (χ3v) is 2.88. The number of para-hydroxylation sites is 1. The molecule has 3 nitrogen and oxygen atoms in total. The first-order valence-corrected chi connectivity index (χ1v) is 6.24. The van der Waals surface area contributed by atoms with Crippen LogP contribution in [0.4, 0.5) is 0 Å². The zero-order valence-corrected chi connectivity index (χ0v) is 11.0. The SMILES string of the molecule is COCC(O)c1ccccc1COc1ccccc1. The molecule has 0 spiro atoms. The molecular weight excluding hydrogens is 240 g/mol. The van der Waals surface area contributed by atoms with Gasteiger partial charge in [-0.15, -0.1) is 0 Å². The fourth-order valence-corrected chi connectivity index (χ4v) is 1.92. The number of hydrogen-bond donors (Lipinski definition) is 1. The molecule has 3 heteroatoms. The van der Waals surface area contributed by atoms with Crippen LogP contribution in [0, 0.1) is 0 Å². The van der Waals surface area contributed by atoms with Crippen molar-refractivity contribution in [1.82, 2.24) is 0 Å². The number of ether oxygens (including phenoxy) is 2. The maximum Gasteiger partial charge on any atom is 0.119 e. The highest BCUT2D eigenvalue weighted by molar-refractivity contribution is 5.29. The van der Waals surface area contributed by atoms with E-state index >= 15 is 0 Å². The Bertz CT molecular complexity index is 496. The molecule has 100 valence electrons. The van der Waals surface area contributed by atoms with E-state index < -0.39 is 6.10 Å². The van der Waals surface area contributed by atoms with Gasteiger partial charge in [-0.25, -0.2) is 0 Å². The van der Waals surface area contributed by atoms with Crippen LogP contribution in [-0.4, -0.2) is 18.8 Å². The molecule has 0 fully saturated rings. The average Bonchev–Trinajstić information content (AvgIpc) is 2.47. The van der Waals surface area contributed by atoms with Crippen molar-refractivity contribution in [2.75, 3.05) is 13.7 Å². The summed E-state index contributed by atoms with van der Waals surface area (Å²) >= 11 is 0. The first kappa shape index (κ1) is 13.6. The standard InChI is InChI=1S/C16H18O3/c1-18-12-16(17)15-10-6-5-7-13(15)11-19-14-8-3-2-4-9-14/h2-10,16-17H,11-12H2,1H3. The van der Waals surface area contributed by atoms with Crippen LogP contribution in [0.15, 0.2) is 54.6 Å². The number of aliphatic hydroxyl groups excluding tert-OH is 1. The van der Waals surface area contributed by atoms with Gasteiger partial charge in [0.1, 0.15) is 18.5 Å². The highest BCUT2D eigenvalue weighted by atomic mass is 16.5. The molecule has 0 aliphatic heterocycles. The monoisotopic (exact) mass is 258 g/mol. The van der Waals surface area contributed by atoms with Crippen molar-refractivity contribution >= 4 is 0 Å². The van der Waals surface area contributed by atoms with E-state index in [0.29, 0.717) is 6.61 Å². The van der Waals surface area contributed by atoms with Gasteiger partial charge in [0.05, 0.1) is 6.61 Å². The summed E-state index contributed by atoms with van der Waals surface area (Å²) in [7, 11) is 1.58. The first-order valence-electron chi connectivity index (χ1n) is 6.24. The fourth-order valence-electron chi connectivity index (χ4n) is 1.92. The van der Waals surface area contributed by atoms with Crippen LogP contribution in [0.5, 0.6) is 5.75 Å². The molecule has 0 radical (unpaired) electrons. The lowest BCUT2D eigenvalue weighted by atomic mass is 10.0. The summed E-state index contributed by atoms with van der Waals surface area (Å²) in [6.45, 7) is 0.712. The highest BCUT2D eigenvalue weighted by Gasteiger charge is 2.11. The Labute approximate surface area is 113 Å². The van der Waals surface area contributed by atoms with Crippen LogP contribution in [0.2, 0.25) is 0 Å². The summed E-state index contributed by atoms with van der Waals surface area (Å²) < 4.78 is 10.7. The average molecular weight is 258 g/mol. The molecule has 1 unspecified atom stereocenters. The number of aliphatic hydroxyl groups is 1. The summed E-state index contributed by atoms with van der Waals surface area (Å²) in [4.78, 5) is 0. The fraction of sp³-hybridized carbons (Fsp3) is 0.250. The van der Waals surface area contributed by atoms with E-state index in [1.54, 1.807) is 7.11 Å². The van der Waals surface area contributed by atoms with Crippen LogP contribution in [0.25, 0.3) is 0 Å². The minimum Gasteiger partial charge on any atom is -0.489 e. The summed E-state index contributed by atoms with van der Waals surface area (Å²) in [5.41, 5.74) is 1.82. The number of methoxy groups -OCH3 is 1. The number of rotatable bonds is 6. The molecule has 2 aromatic carbocycles. The molecule has 0 amide bonds. The minimum absolute atomic E-state index is 0.280. The van der Waals surface area contributed by atoms with Crippen LogP contribution >= 0.6 is 0 Å². The molecule has 0 aromatic heterocycles. The topological polar surface area (TPSA) is 38.7 Å². The van der Waals surface area contributed by atoms with Crippen molar-refractivity contribution in [2.45, 2.75) is 12.7 Å². The predicted molar refractivity (Wildman–Crippen MR) is 74.1 cm³/mol. The summed E-state index contributed by atoms with van der Waals surface area (Å²) in [5, 5.41) is 10.0. The first-order chi connectivity index (χ1) is 9.31. The minimum atomic E-state index is -0.624. The molecule has 2 rings (SSSR count). The molecule has 0 saturated carbocycles. The van der Waals surface area contributed by atoms with Crippen LogP contribution in [0.3, 0.4) is 0 Å². The van der Waals surface area contributed by atoms with Crippen molar-refractivity contribution in [2.24, 2.45) is 0 Å². The Kier molecular flexibility index (Phi) is 4.95. The van der Waals surface area contributed by atoms with Gasteiger partial charge in [0.25, 0.3) is 0 Å². The summed E-state index contributed by atoms with van der Waals surface area (Å²) in [6, 6.07) is 17.3. The van der Waals surface area contributed by atoms with E-state index in [0.717, 1.165) is 16.9 Å². The molecule has 1 atom stereocenters. The van der Waals surface area contributed by atoms with E-state index in [1.807, 2.05) is 54.6 Å². The Morgan fingerprint density at radius 1 is 1.00 bits per heavy atom.